The molecule has 0 aromatic carbocycles. The van der Waals surface area contributed by atoms with Gasteiger partial charge in [0, 0.05) is 32.7 Å². The Kier molecular flexibility index (Phi) is 6.43. The quantitative estimate of drug-likeness (QED) is 0.588. The molecule has 2 N–H and O–H groups in total. The van der Waals surface area contributed by atoms with Crippen LogP contribution in [-0.4, -0.2) is 73.5 Å². The summed E-state index contributed by atoms with van der Waals surface area (Å²) in [6.07, 6.45) is -0.636. The summed E-state index contributed by atoms with van der Waals surface area (Å²) in [6, 6.07) is 0. The number of likely N-dealkylation sites (N-methyl/N-ethyl adjacent to an activating group) is 1. The fraction of sp³-hybridized carbons (Fsp3) is 0.909. The molecule has 0 aliphatic carbocycles. The number of piperazine rings is 1. The maximum atomic E-state index is 11.1. The Morgan fingerprint density at radius 1 is 1.41 bits per heavy atom. The largest absolute Gasteiger partial charge is 0.466 e. The molecule has 0 bridgehead atoms. The number of rotatable bonds is 6. The third-order valence-corrected chi connectivity index (χ3v) is 2.76. The van der Waals surface area contributed by atoms with Crippen molar-refractivity contribution >= 4 is 5.97 Å². The van der Waals surface area contributed by atoms with Crippen LogP contribution in [0.4, 0.5) is 0 Å². The first-order valence-corrected chi connectivity index (χ1v) is 6.12. The van der Waals surface area contributed by atoms with Crippen molar-refractivity contribution in [2.75, 3.05) is 46.4 Å². The Hall–Kier alpha value is -0.690. The average molecular weight is 245 g/mol. The van der Waals surface area contributed by atoms with Crippen LogP contribution in [0.25, 0.3) is 0 Å². The van der Waals surface area contributed by atoms with E-state index in [1.165, 1.54) is 0 Å². The van der Waals surface area contributed by atoms with Crippen LogP contribution in [0.3, 0.4) is 0 Å². The average Bonchev–Trinajstić information content (AvgIpc) is 2.28. The standard InChI is InChI=1S/C11H23N3O3/c1-3-17-11(16)8-10(15)9-12-14-6-4-13(2)5-7-14/h10,12,15H,3-9H2,1-2H3. The van der Waals surface area contributed by atoms with E-state index in [1.54, 1.807) is 6.92 Å². The molecule has 1 aliphatic rings. The SMILES string of the molecule is CCOC(=O)CC(O)CNN1CCN(C)CC1. The van der Waals surface area contributed by atoms with Gasteiger partial charge in [-0.2, -0.15) is 0 Å². The minimum Gasteiger partial charge on any atom is -0.466 e. The van der Waals surface area contributed by atoms with Gasteiger partial charge in [-0.1, -0.05) is 0 Å². The summed E-state index contributed by atoms with van der Waals surface area (Å²) in [6.45, 7) is 6.40. The Labute approximate surface area is 102 Å². The fourth-order valence-electron chi connectivity index (χ4n) is 1.68. The Bertz CT molecular complexity index is 230. The highest BCUT2D eigenvalue weighted by Crippen LogP contribution is 1.97. The van der Waals surface area contributed by atoms with Crippen molar-refractivity contribution in [3.8, 4) is 0 Å². The van der Waals surface area contributed by atoms with E-state index < -0.39 is 6.10 Å². The second-order valence-electron chi connectivity index (χ2n) is 4.32. The number of esters is 1. The van der Waals surface area contributed by atoms with Crippen LogP contribution in [0.1, 0.15) is 13.3 Å². The molecule has 0 aromatic rings. The predicted octanol–water partition coefficient (Wildman–Crippen LogP) is -0.947. The second-order valence-corrected chi connectivity index (χ2v) is 4.32. The topological polar surface area (TPSA) is 65.0 Å². The molecule has 17 heavy (non-hydrogen) atoms. The molecule has 0 spiro atoms. The number of nitrogens with zero attached hydrogens (tertiary/aromatic N) is 2. The number of hydrazine groups is 1. The van der Waals surface area contributed by atoms with Crippen LogP contribution in [-0.2, 0) is 9.53 Å². The maximum absolute atomic E-state index is 11.1. The molecule has 100 valence electrons. The molecular weight excluding hydrogens is 222 g/mol. The molecule has 6 nitrogen and oxygen atoms in total. The van der Waals surface area contributed by atoms with Gasteiger partial charge in [-0.3, -0.25) is 10.2 Å². The summed E-state index contributed by atoms with van der Waals surface area (Å²) in [5.41, 5.74) is 3.14. The summed E-state index contributed by atoms with van der Waals surface area (Å²) in [5.74, 6) is -0.347. The van der Waals surface area contributed by atoms with E-state index in [-0.39, 0.29) is 12.4 Å². The van der Waals surface area contributed by atoms with Gasteiger partial charge in [-0.15, -0.1) is 0 Å². The minimum atomic E-state index is -0.686. The first kappa shape index (κ1) is 14.4. The van der Waals surface area contributed by atoms with Crippen molar-refractivity contribution in [1.29, 1.82) is 0 Å². The number of carbonyl (C=O) groups is 1. The predicted molar refractivity (Wildman–Crippen MR) is 64.3 cm³/mol. The number of nitrogens with one attached hydrogen (secondary N) is 1. The fourth-order valence-corrected chi connectivity index (χ4v) is 1.68. The maximum Gasteiger partial charge on any atom is 0.308 e. The molecule has 1 rings (SSSR count). The van der Waals surface area contributed by atoms with E-state index >= 15 is 0 Å². The lowest BCUT2D eigenvalue weighted by atomic mass is 10.2. The van der Waals surface area contributed by atoms with E-state index in [2.05, 4.69) is 22.4 Å². The molecule has 1 fully saturated rings. The summed E-state index contributed by atoms with van der Waals surface area (Å²) in [7, 11) is 2.09. The van der Waals surface area contributed by atoms with E-state index in [4.69, 9.17) is 4.74 Å². The Morgan fingerprint density at radius 2 is 2.06 bits per heavy atom. The van der Waals surface area contributed by atoms with Gasteiger partial charge in [-0.05, 0) is 14.0 Å². The van der Waals surface area contributed by atoms with Crippen molar-refractivity contribution in [3.63, 3.8) is 0 Å². The second kappa shape index (κ2) is 7.60. The van der Waals surface area contributed by atoms with E-state index in [0.29, 0.717) is 13.2 Å². The lowest BCUT2D eigenvalue weighted by Crippen LogP contribution is -2.52. The lowest BCUT2D eigenvalue weighted by molar-refractivity contribution is -0.145. The zero-order valence-electron chi connectivity index (χ0n) is 10.7. The summed E-state index contributed by atoms with van der Waals surface area (Å²) in [4.78, 5) is 13.4. The number of hydrogen-bond donors (Lipinski definition) is 2. The van der Waals surface area contributed by atoms with Crippen LogP contribution >= 0.6 is 0 Å². The number of carbonyl (C=O) groups excluding carboxylic acids is 1. The van der Waals surface area contributed by atoms with Gasteiger partial charge < -0.3 is 14.7 Å². The van der Waals surface area contributed by atoms with Crippen LogP contribution in [0, 0.1) is 0 Å². The van der Waals surface area contributed by atoms with Gasteiger partial charge in [-0.25, -0.2) is 5.01 Å². The number of aliphatic hydroxyl groups excluding tert-OH is 1. The molecular formula is C11H23N3O3. The minimum absolute atomic E-state index is 0.0502. The first-order chi connectivity index (χ1) is 8.11. The number of ether oxygens (including phenoxy) is 1. The van der Waals surface area contributed by atoms with E-state index in [9.17, 15) is 9.90 Å². The zero-order valence-corrected chi connectivity index (χ0v) is 10.7. The molecule has 1 aliphatic heterocycles. The third-order valence-electron chi connectivity index (χ3n) is 2.76. The normalized spacial score (nSPS) is 20.2. The summed E-state index contributed by atoms with van der Waals surface area (Å²) >= 11 is 0. The lowest BCUT2D eigenvalue weighted by Gasteiger charge is -2.33. The highest BCUT2D eigenvalue weighted by molar-refractivity contribution is 5.69. The van der Waals surface area contributed by atoms with E-state index in [0.717, 1.165) is 26.2 Å². The van der Waals surface area contributed by atoms with Crippen molar-refractivity contribution < 1.29 is 14.6 Å². The molecule has 0 saturated carbocycles. The zero-order chi connectivity index (χ0) is 12.7. The van der Waals surface area contributed by atoms with Crippen LogP contribution in [0.5, 0.6) is 0 Å². The Balaban J connectivity index is 2.11. The van der Waals surface area contributed by atoms with Crippen molar-refractivity contribution in [2.24, 2.45) is 0 Å². The monoisotopic (exact) mass is 245 g/mol. The Morgan fingerprint density at radius 3 is 2.65 bits per heavy atom. The van der Waals surface area contributed by atoms with Crippen molar-refractivity contribution in [1.82, 2.24) is 15.3 Å². The van der Waals surface area contributed by atoms with Gasteiger partial charge in [0.25, 0.3) is 0 Å². The van der Waals surface area contributed by atoms with Crippen molar-refractivity contribution in [3.05, 3.63) is 0 Å². The molecule has 1 atom stereocenters. The highest BCUT2D eigenvalue weighted by Gasteiger charge is 2.16. The summed E-state index contributed by atoms with van der Waals surface area (Å²) < 4.78 is 4.77. The number of aliphatic hydroxyl groups is 1. The summed E-state index contributed by atoms with van der Waals surface area (Å²) in [5, 5.41) is 11.7. The number of hydrogen-bond acceptors (Lipinski definition) is 6. The van der Waals surface area contributed by atoms with Gasteiger partial charge in [0.1, 0.15) is 0 Å². The molecule has 0 amide bonds. The van der Waals surface area contributed by atoms with Gasteiger partial charge >= 0.3 is 5.97 Å². The first-order valence-electron chi connectivity index (χ1n) is 6.12. The molecule has 6 heteroatoms. The molecule has 1 saturated heterocycles. The highest BCUT2D eigenvalue weighted by atomic mass is 16.5. The smallest absolute Gasteiger partial charge is 0.308 e. The van der Waals surface area contributed by atoms with Crippen LogP contribution in [0.2, 0.25) is 0 Å². The van der Waals surface area contributed by atoms with Gasteiger partial charge in [0.15, 0.2) is 0 Å². The third kappa shape index (κ3) is 5.97. The molecule has 1 heterocycles. The molecule has 0 aromatic heterocycles. The van der Waals surface area contributed by atoms with Crippen molar-refractivity contribution in [2.45, 2.75) is 19.4 Å². The van der Waals surface area contributed by atoms with E-state index in [1.807, 2.05) is 0 Å². The van der Waals surface area contributed by atoms with Gasteiger partial charge in [0.2, 0.25) is 0 Å². The molecule has 1 unspecified atom stereocenters. The van der Waals surface area contributed by atoms with Gasteiger partial charge in [0.05, 0.1) is 19.1 Å². The molecule has 0 radical (unpaired) electrons. The van der Waals surface area contributed by atoms with Crippen LogP contribution in [0.15, 0.2) is 0 Å². The van der Waals surface area contributed by atoms with Crippen LogP contribution < -0.4 is 5.43 Å².